The molecule has 0 N–H and O–H groups in total. The summed E-state index contributed by atoms with van der Waals surface area (Å²) in [4.78, 5) is 4.35. The molecule has 1 heterocycles. The molecule has 1 aromatic rings. The number of ether oxygens (including phenoxy) is 1. The standard InChI is InChI=1S/C13H16FNO/c1-2-16-13-8-7-10(9-15-13)11-5-3-4-6-12(11)14/h3-6,10H,2,7-9H2,1H3. The highest BCUT2D eigenvalue weighted by atomic mass is 19.1. The first-order valence-electron chi connectivity index (χ1n) is 5.71. The second kappa shape index (κ2) is 5.10. The Hall–Kier alpha value is -1.38. The summed E-state index contributed by atoms with van der Waals surface area (Å²) in [6, 6.07) is 6.95. The van der Waals surface area contributed by atoms with Gasteiger partial charge in [0.2, 0.25) is 0 Å². The average molecular weight is 221 g/mol. The summed E-state index contributed by atoms with van der Waals surface area (Å²) < 4.78 is 18.9. The zero-order valence-electron chi connectivity index (χ0n) is 9.45. The van der Waals surface area contributed by atoms with Gasteiger partial charge >= 0.3 is 0 Å². The molecule has 0 saturated heterocycles. The molecule has 1 atom stereocenters. The summed E-state index contributed by atoms with van der Waals surface area (Å²) in [6.07, 6.45) is 1.73. The Morgan fingerprint density at radius 2 is 2.25 bits per heavy atom. The van der Waals surface area contributed by atoms with Crippen LogP contribution in [0.15, 0.2) is 29.3 Å². The Morgan fingerprint density at radius 1 is 1.44 bits per heavy atom. The summed E-state index contributed by atoms with van der Waals surface area (Å²) in [5, 5.41) is 0. The summed E-state index contributed by atoms with van der Waals surface area (Å²) in [6.45, 7) is 3.24. The van der Waals surface area contributed by atoms with Gasteiger partial charge in [0.05, 0.1) is 6.61 Å². The molecule has 0 radical (unpaired) electrons. The molecule has 1 unspecified atom stereocenters. The van der Waals surface area contributed by atoms with Crippen LogP contribution in [0.4, 0.5) is 4.39 Å². The molecule has 3 heteroatoms. The molecule has 0 amide bonds. The van der Waals surface area contributed by atoms with E-state index in [1.807, 2.05) is 19.1 Å². The van der Waals surface area contributed by atoms with Gasteiger partial charge in [0, 0.05) is 18.9 Å². The molecule has 2 nitrogen and oxygen atoms in total. The fraction of sp³-hybridized carbons (Fsp3) is 0.462. The van der Waals surface area contributed by atoms with E-state index < -0.39 is 0 Å². The molecule has 0 saturated carbocycles. The van der Waals surface area contributed by atoms with E-state index >= 15 is 0 Å². The minimum absolute atomic E-state index is 0.123. The van der Waals surface area contributed by atoms with Crippen molar-refractivity contribution in [2.75, 3.05) is 13.2 Å². The molecular formula is C13H16FNO. The summed E-state index contributed by atoms with van der Waals surface area (Å²) >= 11 is 0. The summed E-state index contributed by atoms with van der Waals surface area (Å²) in [5.74, 6) is 0.892. The predicted molar refractivity (Wildman–Crippen MR) is 62.3 cm³/mol. The highest BCUT2D eigenvalue weighted by molar-refractivity contribution is 5.76. The van der Waals surface area contributed by atoms with Crippen molar-refractivity contribution in [1.29, 1.82) is 0 Å². The lowest BCUT2D eigenvalue weighted by atomic mass is 9.92. The van der Waals surface area contributed by atoms with Crippen molar-refractivity contribution in [2.45, 2.75) is 25.7 Å². The van der Waals surface area contributed by atoms with Gasteiger partial charge < -0.3 is 4.74 Å². The van der Waals surface area contributed by atoms with Crippen LogP contribution in [0.1, 0.15) is 31.2 Å². The lowest BCUT2D eigenvalue weighted by molar-refractivity contribution is 0.306. The first kappa shape index (κ1) is 11.1. The Kier molecular flexibility index (Phi) is 3.54. The minimum atomic E-state index is -0.123. The van der Waals surface area contributed by atoms with Crippen molar-refractivity contribution in [3.63, 3.8) is 0 Å². The SMILES string of the molecule is CCOC1=NCC(c2ccccc2F)CC1. The largest absolute Gasteiger partial charge is 0.481 e. The normalized spacial score (nSPS) is 20.4. The van der Waals surface area contributed by atoms with Gasteiger partial charge in [0.15, 0.2) is 5.90 Å². The molecule has 0 spiro atoms. The molecule has 0 fully saturated rings. The van der Waals surface area contributed by atoms with Gasteiger partial charge in [-0.15, -0.1) is 0 Å². The van der Waals surface area contributed by atoms with Crippen molar-refractivity contribution in [3.05, 3.63) is 35.6 Å². The monoisotopic (exact) mass is 221 g/mol. The summed E-state index contributed by atoms with van der Waals surface area (Å²) in [5.41, 5.74) is 0.779. The third-order valence-electron chi connectivity index (χ3n) is 2.85. The quantitative estimate of drug-likeness (QED) is 0.751. The molecular weight excluding hydrogens is 205 g/mol. The van der Waals surface area contributed by atoms with Crippen LogP contribution in [0.2, 0.25) is 0 Å². The third-order valence-corrected chi connectivity index (χ3v) is 2.85. The van der Waals surface area contributed by atoms with Crippen molar-refractivity contribution in [2.24, 2.45) is 4.99 Å². The van der Waals surface area contributed by atoms with Crippen LogP contribution in [0, 0.1) is 5.82 Å². The van der Waals surface area contributed by atoms with Gasteiger partial charge in [0.25, 0.3) is 0 Å². The van der Waals surface area contributed by atoms with Gasteiger partial charge in [-0.25, -0.2) is 4.39 Å². The number of halogens is 1. The van der Waals surface area contributed by atoms with Crippen molar-refractivity contribution in [3.8, 4) is 0 Å². The first-order valence-corrected chi connectivity index (χ1v) is 5.71. The highest BCUT2D eigenvalue weighted by Gasteiger charge is 2.20. The van der Waals surface area contributed by atoms with Crippen LogP contribution < -0.4 is 0 Å². The zero-order chi connectivity index (χ0) is 11.4. The van der Waals surface area contributed by atoms with Crippen LogP contribution >= 0.6 is 0 Å². The van der Waals surface area contributed by atoms with E-state index in [0.29, 0.717) is 13.2 Å². The molecule has 2 rings (SSSR count). The van der Waals surface area contributed by atoms with Crippen LogP contribution in [-0.2, 0) is 4.74 Å². The van der Waals surface area contributed by atoms with Gasteiger partial charge in [-0.3, -0.25) is 4.99 Å². The number of benzene rings is 1. The molecule has 0 bridgehead atoms. The summed E-state index contributed by atoms with van der Waals surface area (Å²) in [7, 11) is 0. The predicted octanol–water partition coefficient (Wildman–Crippen LogP) is 3.14. The van der Waals surface area contributed by atoms with E-state index in [4.69, 9.17) is 4.74 Å². The first-order chi connectivity index (χ1) is 7.81. The third kappa shape index (κ3) is 2.40. The molecule has 1 aromatic carbocycles. The Balaban J connectivity index is 2.07. The van der Waals surface area contributed by atoms with E-state index in [9.17, 15) is 4.39 Å². The second-order valence-corrected chi connectivity index (χ2v) is 3.92. The van der Waals surface area contributed by atoms with Crippen LogP contribution in [0.25, 0.3) is 0 Å². The van der Waals surface area contributed by atoms with Crippen molar-refractivity contribution >= 4 is 5.90 Å². The van der Waals surface area contributed by atoms with E-state index in [1.165, 1.54) is 6.07 Å². The van der Waals surface area contributed by atoms with Crippen molar-refractivity contribution < 1.29 is 9.13 Å². The van der Waals surface area contributed by atoms with Gasteiger partial charge in [-0.2, -0.15) is 0 Å². The lowest BCUT2D eigenvalue weighted by Crippen LogP contribution is -2.17. The Labute approximate surface area is 95.2 Å². The van der Waals surface area contributed by atoms with E-state index in [0.717, 1.165) is 24.3 Å². The average Bonchev–Trinajstić information content (AvgIpc) is 2.31. The molecule has 86 valence electrons. The maximum atomic E-state index is 13.5. The Bertz CT molecular complexity index is 389. The topological polar surface area (TPSA) is 21.6 Å². The Morgan fingerprint density at radius 3 is 2.88 bits per heavy atom. The smallest absolute Gasteiger partial charge is 0.183 e. The lowest BCUT2D eigenvalue weighted by Gasteiger charge is -2.21. The van der Waals surface area contributed by atoms with Gasteiger partial charge in [0.1, 0.15) is 5.82 Å². The van der Waals surface area contributed by atoms with E-state index in [1.54, 1.807) is 6.07 Å². The second-order valence-electron chi connectivity index (χ2n) is 3.92. The number of hydrogen-bond acceptors (Lipinski definition) is 2. The maximum absolute atomic E-state index is 13.5. The molecule has 16 heavy (non-hydrogen) atoms. The van der Waals surface area contributed by atoms with E-state index in [-0.39, 0.29) is 11.7 Å². The number of nitrogens with zero attached hydrogens (tertiary/aromatic N) is 1. The highest BCUT2D eigenvalue weighted by Crippen LogP contribution is 2.27. The fourth-order valence-corrected chi connectivity index (χ4v) is 2.02. The number of hydrogen-bond donors (Lipinski definition) is 0. The van der Waals surface area contributed by atoms with Crippen LogP contribution in [0.5, 0.6) is 0 Å². The van der Waals surface area contributed by atoms with Gasteiger partial charge in [-0.05, 0) is 25.0 Å². The van der Waals surface area contributed by atoms with Crippen LogP contribution in [-0.4, -0.2) is 19.0 Å². The molecule has 1 aliphatic heterocycles. The molecule has 0 aromatic heterocycles. The zero-order valence-corrected chi connectivity index (χ0v) is 9.45. The maximum Gasteiger partial charge on any atom is 0.183 e. The minimum Gasteiger partial charge on any atom is -0.481 e. The number of aliphatic imine (C=N–C) groups is 1. The molecule has 0 aliphatic carbocycles. The van der Waals surface area contributed by atoms with Gasteiger partial charge in [-0.1, -0.05) is 18.2 Å². The van der Waals surface area contributed by atoms with E-state index in [2.05, 4.69) is 4.99 Å². The van der Waals surface area contributed by atoms with Crippen molar-refractivity contribution in [1.82, 2.24) is 0 Å². The molecule has 1 aliphatic rings. The fourth-order valence-electron chi connectivity index (χ4n) is 2.02. The van der Waals surface area contributed by atoms with Crippen LogP contribution in [0.3, 0.4) is 0 Å². The number of rotatable bonds is 2.